The van der Waals surface area contributed by atoms with E-state index in [1.54, 1.807) is 30.4 Å². The molecule has 1 heterocycles. The molecule has 0 saturated carbocycles. The topological polar surface area (TPSA) is 43.4 Å². The molecule has 0 N–H and O–H groups in total. The summed E-state index contributed by atoms with van der Waals surface area (Å²) < 4.78 is 5.14. The number of allylic oxidation sites excluding steroid dienone is 2. The van der Waals surface area contributed by atoms with Gasteiger partial charge in [-0.3, -0.25) is 9.59 Å². The quantitative estimate of drug-likeness (QED) is 0.585. The van der Waals surface area contributed by atoms with Crippen LogP contribution in [0.1, 0.15) is 29.7 Å². The third-order valence-electron chi connectivity index (χ3n) is 4.15. The Balaban J connectivity index is 2.04. The molecule has 1 aromatic heterocycles. The van der Waals surface area contributed by atoms with Crippen molar-refractivity contribution in [3.63, 3.8) is 0 Å². The maximum absolute atomic E-state index is 12.7. The lowest BCUT2D eigenvalue weighted by molar-refractivity contribution is -0.151. The predicted molar refractivity (Wildman–Crippen MR) is 96.2 cm³/mol. The molecule has 0 aliphatic heterocycles. The lowest BCUT2D eigenvalue weighted by atomic mass is 9.74. The zero-order valence-corrected chi connectivity index (χ0v) is 14.8. The van der Waals surface area contributed by atoms with Crippen LogP contribution in [-0.2, 0) is 14.3 Å². The lowest BCUT2D eigenvalue weighted by Crippen LogP contribution is -2.34. The summed E-state index contributed by atoms with van der Waals surface area (Å²) >= 11 is 7.93. The summed E-state index contributed by atoms with van der Waals surface area (Å²) in [4.78, 5) is 26.1. The van der Waals surface area contributed by atoms with Gasteiger partial charge in [0.15, 0.2) is 5.78 Å². The molecule has 3 rings (SSSR count). The highest BCUT2D eigenvalue weighted by molar-refractivity contribution is 7.11. The Morgan fingerprint density at radius 3 is 2.75 bits per heavy atom. The van der Waals surface area contributed by atoms with Gasteiger partial charge in [-0.25, -0.2) is 0 Å². The monoisotopic (exact) mass is 360 g/mol. The molecule has 5 heteroatoms. The fraction of sp³-hybridized carbons (Fsp3) is 0.263. The summed E-state index contributed by atoms with van der Waals surface area (Å²) in [6.45, 7) is 1.99. The van der Waals surface area contributed by atoms with Crippen molar-refractivity contribution in [1.82, 2.24) is 0 Å². The first-order valence-electron chi connectivity index (χ1n) is 7.81. The molecule has 3 nitrogen and oxygen atoms in total. The second kappa shape index (κ2) is 7.32. The van der Waals surface area contributed by atoms with Gasteiger partial charge in [-0.1, -0.05) is 35.9 Å². The van der Waals surface area contributed by atoms with Crippen LogP contribution in [0.2, 0.25) is 5.02 Å². The molecule has 0 unspecified atom stereocenters. The summed E-state index contributed by atoms with van der Waals surface area (Å²) in [7, 11) is 0. The summed E-state index contributed by atoms with van der Waals surface area (Å²) in [5.41, 5.74) is 1.76. The zero-order chi connectivity index (χ0) is 17.1. The molecule has 0 bridgehead atoms. The maximum atomic E-state index is 12.7. The van der Waals surface area contributed by atoms with Crippen LogP contribution >= 0.6 is 22.9 Å². The molecule has 0 amide bonds. The normalized spacial score (nSPS) is 20.6. The smallest absolute Gasteiger partial charge is 0.317 e. The van der Waals surface area contributed by atoms with E-state index in [2.05, 4.69) is 0 Å². The van der Waals surface area contributed by atoms with E-state index >= 15 is 0 Å². The molecule has 0 radical (unpaired) electrons. The highest BCUT2D eigenvalue weighted by atomic mass is 35.5. The van der Waals surface area contributed by atoms with E-state index in [0.717, 1.165) is 16.0 Å². The first-order valence-corrected chi connectivity index (χ1v) is 9.07. The number of ether oxygens (including phenoxy) is 1. The Morgan fingerprint density at radius 1 is 1.29 bits per heavy atom. The number of carbonyl (C=O) groups excluding carboxylic acids is 2. The third-order valence-corrected chi connectivity index (χ3v) is 5.44. The van der Waals surface area contributed by atoms with E-state index in [1.165, 1.54) is 0 Å². The lowest BCUT2D eigenvalue weighted by Gasteiger charge is -2.29. The SMILES string of the molecule is CCOC(=O)[C@H]1C(=O)C=C(c2cccs2)C[C@@H]1c1ccccc1Cl. The van der Waals surface area contributed by atoms with E-state index < -0.39 is 11.9 Å². The number of carbonyl (C=O) groups is 2. The van der Waals surface area contributed by atoms with Crippen LogP contribution in [0, 0.1) is 5.92 Å². The van der Waals surface area contributed by atoms with Crippen molar-refractivity contribution in [2.75, 3.05) is 6.61 Å². The molecule has 1 aliphatic carbocycles. The van der Waals surface area contributed by atoms with Crippen LogP contribution in [0.5, 0.6) is 0 Å². The van der Waals surface area contributed by atoms with Crippen LogP contribution in [-0.4, -0.2) is 18.4 Å². The minimum atomic E-state index is -0.839. The van der Waals surface area contributed by atoms with Gasteiger partial charge in [0.25, 0.3) is 0 Å². The fourth-order valence-corrected chi connectivity index (χ4v) is 4.11. The summed E-state index contributed by atoms with van der Waals surface area (Å²) in [5.74, 6) is -1.84. The van der Waals surface area contributed by atoms with Gasteiger partial charge in [0.1, 0.15) is 5.92 Å². The van der Waals surface area contributed by atoms with Gasteiger partial charge in [0, 0.05) is 15.8 Å². The van der Waals surface area contributed by atoms with Gasteiger partial charge in [-0.2, -0.15) is 0 Å². The molecular weight excluding hydrogens is 344 g/mol. The molecule has 24 heavy (non-hydrogen) atoms. The van der Waals surface area contributed by atoms with Crippen LogP contribution in [0.15, 0.2) is 47.9 Å². The fourth-order valence-electron chi connectivity index (χ4n) is 3.08. The molecule has 1 aliphatic rings. The summed E-state index contributed by atoms with van der Waals surface area (Å²) in [5, 5.41) is 2.54. The molecule has 0 spiro atoms. The average molecular weight is 361 g/mol. The molecule has 124 valence electrons. The van der Waals surface area contributed by atoms with Gasteiger partial charge < -0.3 is 4.74 Å². The van der Waals surface area contributed by atoms with Crippen molar-refractivity contribution >= 4 is 40.3 Å². The van der Waals surface area contributed by atoms with Crippen LogP contribution in [0.4, 0.5) is 0 Å². The van der Waals surface area contributed by atoms with Crippen LogP contribution in [0.3, 0.4) is 0 Å². The molecule has 2 atom stereocenters. The standard InChI is InChI=1S/C19H17ClO3S/c1-2-23-19(22)18-14(13-6-3-4-7-15(13)20)10-12(11-16(18)21)17-8-5-9-24-17/h3-9,11,14,18H,2,10H2,1H3/t14-,18-/m1/s1. The Bertz CT molecular complexity index is 780. The number of halogens is 1. The van der Waals surface area contributed by atoms with Crippen molar-refractivity contribution < 1.29 is 14.3 Å². The number of esters is 1. The number of hydrogen-bond acceptors (Lipinski definition) is 4. The van der Waals surface area contributed by atoms with Gasteiger partial charge in [-0.05, 0) is 48.1 Å². The van der Waals surface area contributed by atoms with E-state index in [0.29, 0.717) is 11.4 Å². The third kappa shape index (κ3) is 3.30. The maximum Gasteiger partial charge on any atom is 0.317 e. The van der Waals surface area contributed by atoms with Crippen LogP contribution in [0.25, 0.3) is 5.57 Å². The van der Waals surface area contributed by atoms with Gasteiger partial charge in [0.05, 0.1) is 6.61 Å². The Labute approximate surface area is 149 Å². The van der Waals surface area contributed by atoms with Crippen molar-refractivity contribution in [2.24, 2.45) is 5.92 Å². The number of ketones is 1. The Hall–Kier alpha value is -1.91. The highest BCUT2D eigenvalue weighted by Gasteiger charge is 2.40. The second-order valence-corrected chi connectivity index (χ2v) is 6.97. The van der Waals surface area contributed by atoms with Crippen molar-refractivity contribution in [3.05, 3.63) is 63.3 Å². The molecule has 1 aromatic carbocycles. The van der Waals surface area contributed by atoms with E-state index in [1.807, 2.05) is 35.7 Å². The van der Waals surface area contributed by atoms with E-state index in [-0.39, 0.29) is 18.3 Å². The molecule has 0 fully saturated rings. The number of thiophene rings is 1. The number of hydrogen-bond donors (Lipinski definition) is 0. The zero-order valence-electron chi connectivity index (χ0n) is 13.2. The predicted octanol–water partition coefficient (Wildman–Crippen LogP) is 4.72. The second-order valence-electron chi connectivity index (χ2n) is 5.61. The minimum Gasteiger partial charge on any atom is -0.465 e. The van der Waals surface area contributed by atoms with Crippen molar-refractivity contribution in [1.29, 1.82) is 0 Å². The Kier molecular flexibility index (Phi) is 5.17. The van der Waals surface area contributed by atoms with Gasteiger partial charge >= 0.3 is 5.97 Å². The van der Waals surface area contributed by atoms with E-state index in [9.17, 15) is 9.59 Å². The van der Waals surface area contributed by atoms with E-state index in [4.69, 9.17) is 16.3 Å². The summed E-state index contributed by atoms with van der Waals surface area (Å²) in [6, 6.07) is 11.3. The number of rotatable bonds is 4. The minimum absolute atomic E-state index is 0.215. The first kappa shape index (κ1) is 16.9. The van der Waals surface area contributed by atoms with Gasteiger partial charge in [-0.15, -0.1) is 11.3 Å². The van der Waals surface area contributed by atoms with Gasteiger partial charge in [0.2, 0.25) is 0 Å². The number of benzene rings is 1. The van der Waals surface area contributed by atoms with Crippen molar-refractivity contribution in [2.45, 2.75) is 19.3 Å². The molecule has 0 saturated heterocycles. The average Bonchev–Trinajstić information content (AvgIpc) is 3.09. The highest BCUT2D eigenvalue weighted by Crippen LogP contribution is 2.43. The van der Waals surface area contributed by atoms with Crippen LogP contribution < -0.4 is 0 Å². The largest absolute Gasteiger partial charge is 0.465 e. The Morgan fingerprint density at radius 2 is 2.08 bits per heavy atom. The molecule has 2 aromatic rings. The summed E-state index contributed by atoms with van der Waals surface area (Å²) in [6.07, 6.45) is 2.17. The van der Waals surface area contributed by atoms with Crippen molar-refractivity contribution in [3.8, 4) is 0 Å². The molecular formula is C19H17ClO3S. The first-order chi connectivity index (χ1) is 11.6.